The minimum absolute atomic E-state index is 0.319. The second-order valence-corrected chi connectivity index (χ2v) is 5.92. The van der Waals surface area contributed by atoms with Crippen molar-refractivity contribution in [1.82, 2.24) is 10.3 Å². The lowest BCUT2D eigenvalue weighted by Gasteiger charge is -2.27. The fraction of sp³-hybridized carbons (Fsp3) is 0.417. The number of aliphatic carboxylic acids is 1. The minimum atomic E-state index is -1.06. The third kappa shape index (κ3) is 3.80. The summed E-state index contributed by atoms with van der Waals surface area (Å²) in [4.78, 5) is 26.9. The molecule has 0 aliphatic rings. The van der Waals surface area contributed by atoms with Crippen molar-refractivity contribution in [3.05, 3.63) is 28.5 Å². The first-order chi connectivity index (χ1) is 8.21. The Bertz CT molecular complexity index is 469. The van der Waals surface area contributed by atoms with Gasteiger partial charge in [0, 0.05) is 16.9 Å². The molecule has 0 aliphatic heterocycles. The number of carbonyl (C=O) groups excluding carboxylic acids is 1. The third-order valence-corrected chi connectivity index (χ3v) is 2.79. The number of carboxylic acids is 1. The molecule has 1 amide bonds. The molecule has 0 spiro atoms. The van der Waals surface area contributed by atoms with Gasteiger partial charge in [-0.25, -0.2) is 4.79 Å². The second kappa shape index (κ2) is 5.48. The highest BCUT2D eigenvalue weighted by atomic mass is 79.9. The van der Waals surface area contributed by atoms with E-state index in [4.69, 9.17) is 5.11 Å². The SMILES string of the molecule is CC(C)(C)C(NC(=O)c1cncc(Br)c1)C(=O)O. The number of carboxylic acid groups (broad SMARTS) is 1. The summed E-state index contributed by atoms with van der Waals surface area (Å²) in [5.74, 6) is -1.51. The highest BCUT2D eigenvalue weighted by molar-refractivity contribution is 9.10. The van der Waals surface area contributed by atoms with Crippen LogP contribution < -0.4 is 5.32 Å². The molecular formula is C12H15BrN2O3. The Morgan fingerprint density at radius 3 is 2.44 bits per heavy atom. The van der Waals surface area contributed by atoms with Crippen LogP contribution in [-0.4, -0.2) is 28.0 Å². The van der Waals surface area contributed by atoms with Gasteiger partial charge in [0.2, 0.25) is 0 Å². The Morgan fingerprint density at radius 2 is 2.00 bits per heavy atom. The average Bonchev–Trinajstić information content (AvgIpc) is 2.23. The van der Waals surface area contributed by atoms with Gasteiger partial charge in [0.25, 0.3) is 5.91 Å². The van der Waals surface area contributed by atoms with Gasteiger partial charge in [0.1, 0.15) is 6.04 Å². The molecule has 1 heterocycles. The molecule has 1 atom stereocenters. The number of nitrogens with zero attached hydrogens (tertiary/aromatic N) is 1. The molecular weight excluding hydrogens is 300 g/mol. The quantitative estimate of drug-likeness (QED) is 0.895. The lowest BCUT2D eigenvalue weighted by Crippen LogP contribution is -2.49. The van der Waals surface area contributed by atoms with Crippen molar-refractivity contribution in [3.8, 4) is 0 Å². The van der Waals surface area contributed by atoms with Gasteiger partial charge in [-0.15, -0.1) is 0 Å². The minimum Gasteiger partial charge on any atom is -0.480 e. The second-order valence-electron chi connectivity index (χ2n) is 5.00. The van der Waals surface area contributed by atoms with Crippen molar-refractivity contribution in [2.24, 2.45) is 5.41 Å². The number of rotatable bonds is 3. The van der Waals surface area contributed by atoms with Crippen LogP contribution in [-0.2, 0) is 4.79 Å². The Kier molecular flexibility index (Phi) is 4.45. The molecule has 1 rings (SSSR count). The highest BCUT2D eigenvalue weighted by Crippen LogP contribution is 2.20. The van der Waals surface area contributed by atoms with Crippen LogP contribution in [0.25, 0.3) is 0 Å². The Hall–Kier alpha value is -1.43. The van der Waals surface area contributed by atoms with E-state index in [0.29, 0.717) is 10.0 Å². The predicted molar refractivity (Wildman–Crippen MR) is 70.3 cm³/mol. The van der Waals surface area contributed by atoms with E-state index >= 15 is 0 Å². The lowest BCUT2D eigenvalue weighted by atomic mass is 9.86. The van der Waals surface area contributed by atoms with Gasteiger partial charge >= 0.3 is 5.97 Å². The maximum Gasteiger partial charge on any atom is 0.326 e. The predicted octanol–water partition coefficient (Wildman–Crippen LogP) is 2.07. The number of amides is 1. The molecule has 1 unspecified atom stereocenters. The van der Waals surface area contributed by atoms with Crippen molar-refractivity contribution in [3.63, 3.8) is 0 Å². The molecule has 0 radical (unpaired) electrons. The van der Waals surface area contributed by atoms with Crippen LogP contribution in [0.4, 0.5) is 0 Å². The summed E-state index contributed by atoms with van der Waals surface area (Å²) in [7, 11) is 0. The van der Waals surface area contributed by atoms with Gasteiger partial charge in [0.05, 0.1) is 5.56 Å². The van der Waals surface area contributed by atoms with Crippen molar-refractivity contribution in [2.75, 3.05) is 0 Å². The van der Waals surface area contributed by atoms with Crippen molar-refractivity contribution < 1.29 is 14.7 Å². The molecule has 6 heteroatoms. The van der Waals surface area contributed by atoms with Crippen LogP contribution in [0, 0.1) is 5.41 Å². The van der Waals surface area contributed by atoms with Crippen LogP contribution in [0.5, 0.6) is 0 Å². The van der Waals surface area contributed by atoms with Gasteiger partial charge in [-0.2, -0.15) is 0 Å². The Morgan fingerprint density at radius 1 is 1.39 bits per heavy atom. The standard InChI is InChI=1S/C12H15BrN2O3/c1-12(2,3)9(11(17)18)15-10(16)7-4-8(13)6-14-5-7/h4-6,9H,1-3H3,(H,15,16)(H,17,18). The van der Waals surface area contributed by atoms with E-state index in [2.05, 4.69) is 26.2 Å². The fourth-order valence-corrected chi connectivity index (χ4v) is 1.76. The van der Waals surface area contributed by atoms with Gasteiger partial charge in [-0.1, -0.05) is 20.8 Å². The average molecular weight is 315 g/mol. The van der Waals surface area contributed by atoms with Gasteiger partial charge in [-0.05, 0) is 27.4 Å². The number of pyridine rings is 1. The van der Waals surface area contributed by atoms with E-state index in [1.54, 1.807) is 33.0 Å². The topological polar surface area (TPSA) is 79.3 Å². The summed E-state index contributed by atoms with van der Waals surface area (Å²) in [6.45, 7) is 5.27. The molecule has 0 fully saturated rings. The maximum atomic E-state index is 11.9. The largest absolute Gasteiger partial charge is 0.480 e. The number of carbonyl (C=O) groups is 2. The highest BCUT2D eigenvalue weighted by Gasteiger charge is 2.32. The van der Waals surface area contributed by atoms with Gasteiger partial charge < -0.3 is 10.4 Å². The van der Waals surface area contributed by atoms with E-state index in [9.17, 15) is 9.59 Å². The molecule has 1 aromatic heterocycles. The van der Waals surface area contributed by atoms with E-state index in [-0.39, 0.29) is 0 Å². The van der Waals surface area contributed by atoms with E-state index in [1.165, 1.54) is 6.20 Å². The van der Waals surface area contributed by atoms with Gasteiger partial charge in [-0.3, -0.25) is 9.78 Å². The van der Waals surface area contributed by atoms with E-state index < -0.39 is 23.3 Å². The van der Waals surface area contributed by atoms with Crippen molar-refractivity contribution in [2.45, 2.75) is 26.8 Å². The van der Waals surface area contributed by atoms with Gasteiger partial charge in [0.15, 0.2) is 0 Å². The summed E-state index contributed by atoms with van der Waals surface area (Å²) in [5.41, 5.74) is -0.249. The number of aromatic nitrogens is 1. The summed E-state index contributed by atoms with van der Waals surface area (Å²) in [6.07, 6.45) is 2.94. The monoisotopic (exact) mass is 314 g/mol. The number of hydrogen-bond donors (Lipinski definition) is 2. The first-order valence-electron chi connectivity index (χ1n) is 5.36. The van der Waals surface area contributed by atoms with Crippen LogP contribution in [0.2, 0.25) is 0 Å². The van der Waals surface area contributed by atoms with Crippen LogP contribution in [0.3, 0.4) is 0 Å². The number of halogens is 1. The molecule has 0 bridgehead atoms. The molecule has 2 N–H and O–H groups in total. The Balaban J connectivity index is 2.89. The zero-order chi connectivity index (χ0) is 13.9. The lowest BCUT2D eigenvalue weighted by molar-refractivity contribution is -0.142. The molecule has 0 saturated carbocycles. The normalized spacial score (nSPS) is 12.9. The van der Waals surface area contributed by atoms with Crippen LogP contribution >= 0.6 is 15.9 Å². The first kappa shape index (κ1) is 14.6. The molecule has 5 nitrogen and oxygen atoms in total. The van der Waals surface area contributed by atoms with Crippen molar-refractivity contribution in [1.29, 1.82) is 0 Å². The molecule has 0 aromatic carbocycles. The number of nitrogens with one attached hydrogen (secondary N) is 1. The Labute approximate surface area is 114 Å². The summed E-state index contributed by atoms with van der Waals surface area (Å²) in [5, 5.41) is 11.6. The summed E-state index contributed by atoms with van der Waals surface area (Å²) < 4.78 is 0.665. The van der Waals surface area contributed by atoms with Crippen LogP contribution in [0.15, 0.2) is 22.9 Å². The molecule has 98 valence electrons. The summed E-state index contributed by atoms with van der Waals surface area (Å²) >= 11 is 3.21. The van der Waals surface area contributed by atoms with Crippen molar-refractivity contribution >= 4 is 27.8 Å². The maximum absolute atomic E-state index is 11.9. The van der Waals surface area contributed by atoms with E-state index in [0.717, 1.165) is 0 Å². The molecule has 0 saturated heterocycles. The molecule has 0 aliphatic carbocycles. The molecule has 18 heavy (non-hydrogen) atoms. The zero-order valence-electron chi connectivity index (χ0n) is 10.4. The summed E-state index contributed by atoms with van der Waals surface area (Å²) in [6, 6.07) is 0.633. The smallest absolute Gasteiger partial charge is 0.326 e. The molecule has 1 aromatic rings. The van der Waals surface area contributed by atoms with E-state index in [1.807, 2.05) is 0 Å². The third-order valence-electron chi connectivity index (χ3n) is 2.36. The first-order valence-corrected chi connectivity index (χ1v) is 6.15. The fourth-order valence-electron chi connectivity index (χ4n) is 1.40. The van der Waals surface area contributed by atoms with Crippen LogP contribution in [0.1, 0.15) is 31.1 Å². The zero-order valence-corrected chi connectivity index (χ0v) is 12.0. The number of hydrogen-bond acceptors (Lipinski definition) is 3.